The first-order valence-corrected chi connectivity index (χ1v) is 15.2. The largest absolute Gasteiger partial charge is 0.416 e. The normalized spacial score (nSPS) is 12.2. The topological polar surface area (TPSA) is 0 Å². The van der Waals surface area contributed by atoms with Crippen LogP contribution in [0.25, 0.3) is 76.5 Å². The molecule has 0 unspecified atom stereocenters. The van der Waals surface area contributed by atoms with E-state index in [1.807, 2.05) is 84.9 Å². The summed E-state index contributed by atoms with van der Waals surface area (Å²) in [5.41, 5.74) is 2.14. The Labute approximate surface area is 271 Å². The molecule has 0 saturated carbocycles. The highest BCUT2D eigenvalue weighted by molar-refractivity contribution is 6.23. The molecule has 0 radical (unpaired) electrons. The zero-order chi connectivity index (χ0) is 33.2. The van der Waals surface area contributed by atoms with Crippen LogP contribution in [0.1, 0.15) is 11.1 Å². The monoisotopic (exact) mass is 640 g/mol. The molecule has 0 aliphatic rings. The Bertz CT molecular complexity index is 2510. The van der Waals surface area contributed by atoms with Gasteiger partial charge in [-0.05, 0) is 107 Å². The number of hydrogen-bond acceptors (Lipinski definition) is 0. The molecule has 0 heterocycles. The van der Waals surface area contributed by atoms with Gasteiger partial charge in [0.2, 0.25) is 0 Å². The van der Waals surface area contributed by atoms with E-state index in [9.17, 15) is 26.3 Å². The van der Waals surface area contributed by atoms with Gasteiger partial charge in [0, 0.05) is 5.39 Å². The highest BCUT2D eigenvalue weighted by Gasteiger charge is 2.33. The molecule has 0 aliphatic carbocycles. The van der Waals surface area contributed by atoms with Crippen molar-refractivity contribution >= 4 is 43.1 Å². The Morgan fingerprint density at radius 1 is 0.417 bits per heavy atom. The summed E-state index contributed by atoms with van der Waals surface area (Å²) in [6, 6.07) is 43.2. The molecule has 232 valence electrons. The maximum absolute atomic E-state index is 14.2. The van der Waals surface area contributed by atoms with Gasteiger partial charge in [-0.25, -0.2) is 0 Å². The first-order chi connectivity index (χ1) is 23.1. The van der Waals surface area contributed by atoms with Crippen LogP contribution in [-0.4, -0.2) is 0 Å². The Morgan fingerprint density at radius 2 is 0.979 bits per heavy atom. The average molecular weight is 641 g/mol. The number of halogens is 6. The predicted molar refractivity (Wildman–Crippen MR) is 180 cm³/mol. The second kappa shape index (κ2) is 10.9. The molecule has 0 atom stereocenters. The van der Waals surface area contributed by atoms with Gasteiger partial charge in [0.05, 0.1) is 11.1 Å². The Balaban J connectivity index is 1.47. The fourth-order valence-corrected chi connectivity index (χ4v) is 6.77. The van der Waals surface area contributed by atoms with Crippen molar-refractivity contribution in [2.75, 3.05) is 0 Å². The zero-order valence-corrected chi connectivity index (χ0v) is 25.0. The van der Waals surface area contributed by atoms with Crippen LogP contribution >= 0.6 is 0 Å². The second-order valence-electron chi connectivity index (χ2n) is 11.7. The van der Waals surface area contributed by atoms with Crippen molar-refractivity contribution in [3.63, 3.8) is 0 Å². The molecule has 0 saturated heterocycles. The van der Waals surface area contributed by atoms with Gasteiger partial charge < -0.3 is 0 Å². The van der Waals surface area contributed by atoms with E-state index in [1.54, 1.807) is 12.1 Å². The van der Waals surface area contributed by atoms with E-state index in [4.69, 9.17) is 0 Å². The molecule has 8 aromatic carbocycles. The third-order valence-electron chi connectivity index (χ3n) is 8.96. The summed E-state index contributed by atoms with van der Waals surface area (Å²) in [6.07, 6.45) is -9.28. The molecule has 0 amide bonds. The summed E-state index contributed by atoms with van der Waals surface area (Å²) in [5, 5.41) is 4.84. The zero-order valence-electron chi connectivity index (χ0n) is 25.0. The Hall–Kier alpha value is -5.80. The number of hydrogen-bond donors (Lipinski definition) is 0. The summed E-state index contributed by atoms with van der Waals surface area (Å²) in [7, 11) is 0. The van der Waals surface area contributed by atoms with Gasteiger partial charge in [0.25, 0.3) is 0 Å². The van der Waals surface area contributed by atoms with E-state index in [1.165, 1.54) is 12.1 Å². The van der Waals surface area contributed by atoms with Gasteiger partial charge in [-0.3, -0.25) is 0 Å². The summed E-state index contributed by atoms with van der Waals surface area (Å²) in [4.78, 5) is 0. The fourth-order valence-electron chi connectivity index (χ4n) is 6.77. The lowest BCUT2D eigenvalue weighted by Crippen LogP contribution is -2.06. The molecule has 0 nitrogen and oxygen atoms in total. The number of alkyl halides is 6. The van der Waals surface area contributed by atoms with Gasteiger partial charge in [-0.2, -0.15) is 26.3 Å². The van der Waals surface area contributed by atoms with E-state index in [-0.39, 0.29) is 10.8 Å². The van der Waals surface area contributed by atoms with E-state index in [0.29, 0.717) is 43.8 Å². The van der Waals surface area contributed by atoms with Gasteiger partial charge in [0.15, 0.2) is 0 Å². The molecule has 0 bridgehead atoms. The van der Waals surface area contributed by atoms with Crippen molar-refractivity contribution in [1.82, 2.24) is 0 Å². The van der Waals surface area contributed by atoms with Crippen molar-refractivity contribution in [1.29, 1.82) is 0 Å². The molecule has 8 aromatic rings. The number of rotatable bonds is 3. The smallest absolute Gasteiger partial charge is 0.166 e. The average Bonchev–Trinajstić information content (AvgIpc) is 3.09. The lowest BCUT2D eigenvalue weighted by atomic mass is 9.83. The summed E-state index contributed by atoms with van der Waals surface area (Å²) >= 11 is 0. The van der Waals surface area contributed by atoms with Gasteiger partial charge >= 0.3 is 12.4 Å². The molecular weight excluding hydrogens is 618 g/mol. The first kappa shape index (κ1) is 29.6. The lowest BCUT2D eigenvalue weighted by molar-refractivity contribution is -0.138. The van der Waals surface area contributed by atoms with Crippen molar-refractivity contribution in [3.8, 4) is 33.4 Å². The molecule has 0 spiro atoms. The van der Waals surface area contributed by atoms with Crippen LogP contribution in [0.4, 0.5) is 26.3 Å². The van der Waals surface area contributed by atoms with E-state index in [0.717, 1.165) is 46.2 Å². The fraction of sp³-hybridized carbons (Fsp3) is 0.0476. The van der Waals surface area contributed by atoms with Crippen molar-refractivity contribution in [2.24, 2.45) is 0 Å². The molecular formula is C42H22F6. The molecule has 0 aromatic heterocycles. The highest BCUT2D eigenvalue weighted by Crippen LogP contribution is 2.48. The van der Waals surface area contributed by atoms with Crippen molar-refractivity contribution in [3.05, 3.63) is 157 Å². The minimum absolute atomic E-state index is 0.273. The van der Waals surface area contributed by atoms with Gasteiger partial charge in [0.1, 0.15) is 0 Å². The molecule has 8 rings (SSSR count). The van der Waals surface area contributed by atoms with Gasteiger partial charge in [-0.15, -0.1) is 0 Å². The van der Waals surface area contributed by atoms with E-state index < -0.39 is 23.5 Å². The molecule has 48 heavy (non-hydrogen) atoms. The van der Waals surface area contributed by atoms with Crippen LogP contribution in [-0.2, 0) is 12.4 Å². The SMILES string of the molecule is FC(F)(F)c1ccc2c(-c3cc#cc4ccccc34)c3cc(C(F)(F)F)ccc3c(-c3ccc(-c4cccc5ccccc45)cc3)c2c1. The van der Waals surface area contributed by atoms with Gasteiger partial charge in [-0.1, -0.05) is 109 Å². The first-order valence-electron chi connectivity index (χ1n) is 15.2. The van der Waals surface area contributed by atoms with Crippen molar-refractivity contribution in [2.45, 2.75) is 12.4 Å². The molecule has 6 heteroatoms. The highest BCUT2D eigenvalue weighted by atomic mass is 19.4. The summed E-state index contributed by atoms with van der Waals surface area (Å²) < 4.78 is 85.3. The molecule has 0 fully saturated rings. The molecule has 0 aliphatic heterocycles. The van der Waals surface area contributed by atoms with Crippen molar-refractivity contribution < 1.29 is 26.3 Å². The Kier molecular flexibility index (Phi) is 6.71. The van der Waals surface area contributed by atoms with E-state index >= 15 is 0 Å². The molecule has 0 N–H and O–H groups in total. The predicted octanol–water partition coefficient (Wildman–Crippen LogP) is 12.9. The Morgan fingerprint density at radius 3 is 1.67 bits per heavy atom. The number of benzene rings is 7. The van der Waals surface area contributed by atoms with Crippen LogP contribution < -0.4 is 0 Å². The standard InChI is InChI=1S/C42H22F6/c43-41(44,45)29-20-22-36-37(23-29)39(28-17-15-27(16-18-28)32-13-5-9-25-7-1-3-11-31(25)32)35-21-19-30(42(46,47)48)24-38(35)40(36)34-14-6-10-26-8-2-4-12-33(26)34/h1-5,7-9,11-24H. The third kappa shape index (κ3) is 4.91. The second-order valence-corrected chi connectivity index (χ2v) is 11.7. The van der Waals surface area contributed by atoms with Crippen LogP contribution in [0.3, 0.4) is 0 Å². The quantitative estimate of drug-likeness (QED) is 0.133. The maximum atomic E-state index is 14.2. The minimum Gasteiger partial charge on any atom is -0.166 e. The van der Waals surface area contributed by atoms with Crippen LogP contribution in [0, 0.1) is 12.1 Å². The van der Waals surface area contributed by atoms with Crippen LogP contribution in [0.15, 0.2) is 133 Å². The van der Waals surface area contributed by atoms with Crippen LogP contribution in [0.5, 0.6) is 0 Å². The lowest BCUT2D eigenvalue weighted by Gasteiger charge is -2.21. The van der Waals surface area contributed by atoms with Crippen LogP contribution in [0.2, 0.25) is 0 Å². The summed E-state index contributed by atoms with van der Waals surface area (Å²) in [6.45, 7) is 0. The minimum atomic E-state index is -4.64. The summed E-state index contributed by atoms with van der Waals surface area (Å²) in [5.74, 6) is 0. The third-order valence-corrected chi connectivity index (χ3v) is 8.96. The number of fused-ring (bicyclic) bond motifs is 4. The van der Waals surface area contributed by atoms with E-state index in [2.05, 4.69) is 12.1 Å². The maximum Gasteiger partial charge on any atom is 0.416 e.